The number of β-amino-alcohol motifs (C(OH)–C–C–N with tert-alkyl or cyclic N) is 1. The number of likely N-dealkylation sites (N-methyl/N-ethyl adjacent to an activating group) is 1. The van der Waals surface area contributed by atoms with Crippen molar-refractivity contribution in [2.45, 2.75) is 12.3 Å². The van der Waals surface area contributed by atoms with Gasteiger partial charge in [-0.3, -0.25) is 9.80 Å². The first kappa shape index (κ1) is 14.7. The largest absolute Gasteiger partial charge is 0.401 e. The van der Waals surface area contributed by atoms with Crippen molar-refractivity contribution >= 4 is 0 Å². The van der Waals surface area contributed by atoms with Crippen molar-refractivity contribution < 1.29 is 18.3 Å². The van der Waals surface area contributed by atoms with Gasteiger partial charge in [0.2, 0.25) is 0 Å². The summed E-state index contributed by atoms with van der Waals surface area (Å²) in [7, 11) is 1.75. The Bertz CT molecular complexity index is 217. The molecular formula is C10H20F3N3O. The lowest BCUT2D eigenvalue weighted by Gasteiger charge is -2.35. The van der Waals surface area contributed by atoms with Crippen molar-refractivity contribution in [3.05, 3.63) is 0 Å². The average molecular weight is 255 g/mol. The summed E-state index contributed by atoms with van der Waals surface area (Å²) in [6, 6.07) is 0. The molecule has 0 bridgehead atoms. The fourth-order valence-corrected chi connectivity index (χ4v) is 1.98. The number of hydrogen-bond acceptors (Lipinski definition) is 4. The van der Waals surface area contributed by atoms with Crippen LogP contribution < -0.4 is 5.32 Å². The van der Waals surface area contributed by atoms with Crippen LogP contribution in [-0.2, 0) is 0 Å². The van der Waals surface area contributed by atoms with Gasteiger partial charge in [-0.25, -0.2) is 0 Å². The quantitative estimate of drug-likeness (QED) is 0.710. The van der Waals surface area contributed by atoms with E-state index in [4.69, 9.17) is 0 Å². The maximum Gasteiger partial charge on any atom is 0.401 e. The summed E-state index contributed by atoms with van der Waals surface area (Å²) in [5, 5.41) is 12.4. The van der Waals surface area contributed by atoms with Gasteiger partial charge in [0, 0.05) is 39.3 Å². The molecule has 17 heavy (non-hydrogen) atoms. The number of aliphatic hydroxyl groups excluding tert-OH is 1. The van der Waals surface area contributed by atoms with Gasteiger partial charge < -0.3 is 10.4 Å². The van der Waals surface area contributed by atoms with Crippen LogP contribution in [0.4, 0.5) is 13.2 Å². The molecule has 1 aliphatic rings. The zero-order chi connectivity index (χ0) is 12.9. The predicted octanol–water partition coefficient (Wildman–Crippen LogP) is -0.253. The molecule has 1 unspecified atom stereocenters. The van der Waals surface area contributed by atoms with E-state index in [0.29, 0.717) is 39.3 Å². The van der Waals surface area contributed by atoms with Crippen LogP contribution in [0.2, 0.25) is 0 Å². The van der Waals surface area contributed by atoms with Gasteiger partial charge in [-0.05, 0) is 7.05 Å². The first-order valence-electron chi connectivity index (χ1n) is 5.75. The molecule has 102 valence electrons. The van der Waals surface area contributed by atoms with E-state index >= 15 is 0 Å². The number of rotatable bonds is 5. The highest BCUT2D eigenvalue weighted by Crippen LogP contribution is 2.17. The van der Waals surface area contributed by atoms with Crippen LogP contribution in [0.3, 0.4) is 0 Å². The van der Waals surface area contributed by atoms with E-state index in [9.17, 15) is 18.3 Å². The second-order valence-corrected chi connectivity index (χ2v) is 4.40. The third-order valence-corrected chi connectivity index (χ3v) is 2.78. The van der Waals surface area contributed by atoms with Gasteiger partial charge in [0.05, 0.1) is 12.6 Å². The van der Waals surface area contributed by atoms with E-state index < -0.39 is 18.8 Å². The molecule has 1 aliphatic heterocycles. The fourth-order valence-electron chi connectivity index (χ4n) is 1.98. The standard InChI is InChI=1S/C10H20F3N3O/c1-14-6-9(17)7-15-2-4-16(5-3-15)8-10(11,12)13/h9,14,17H,2-8H2,1H3. The maximum absolute atomic E-state index is 12.1. The lowest BCUT2D eigenvalue weighted by atomic mass is 10.2. The Hall–Kier alpha value is -0.370. The van der Waals surface area contributed by atoms with Crippen LogP contribution >= 0.6 is 0 Å². The van der Waals surface area contributed by atoms with Gasteiger partial charge in [-0.1, -0.05) is 0 Å². The second kappa shape index (κ2) is 6.53. The minimum absolute atomic E-state index is 0.409. The Kier molecular flexibility index (Phi) is 5.64. The average Bonchev–Trinajstić information content (AvgIpc) is 2.19. The Morgan fingerprint density at radius 3 is 2.18 bits per heavy atom. The topological polar surface area (TPSA) is 38.7 Å². The van der Waals surface area contributed by atoms with Gasteiger partial charge in [0.25, 0.3) is 0 Å². The molecule has 1 rings (SSSR count). The van der Waals surface area contributed by atoms with E-state index in [0.717, 1.165) is 0 Å². The molecular weight excluding hydrogens is 235 g/mol. The van der Waals surface area contributed by atoms with Crippen molar-refractivity contribution in [3.63, 3.8) is 0 Å². The number of hydrogen-bond donors (Lipinski definition) is 2. The number of aliphatic hydroxyl groups is 1. The van der Waals surface area contributed by atoms with Gasteiger partial charge in [-0.15, -0.1) is 0 Å². The summed E-state index contributed by atoms with van der Waals surface area (Å²) < 4.78 is 36.4. The normalized spacial score (nSPS) is 21.7. The van der Waals surface area contributed by atoms with Crippen molar-refractivity contribution in [3.8, 4) is 0 Å². The lowest BCUT2D eigenvalue weighted by molar-refractivity contribution is -0.149. The van der Waals surface area contributed by atoms with Crippen molar-refractivity contribution in [2.24, 2.45) is 0 Å². The minimum Gasteiger partial charge on any atom is -0.390 e. The minimum atomic E-state index is -4.12. The molecule has 0 aromatic heterocycles. The fraction of sp³-hybridized carbons (Fsp3) is 1.00. The Balaban J connectivity index is 2.21. The molecule has 1 fully saturated rings. The van der Waals surface area contributed by atoms with E-state index in [1.807, 2.05) is 4.90 Å². The molecule has 0 aromatic carbocycles. The summed E-state index contributed by atoms with van der Waals surface area (Å²) in [5.74, 6) is 0. The molecule has 0 spiro atoms. The highest BCUT2D eigenvalue weighted by Gasteiger charge is 2.32. The van der Waals surface area contributed by atoms with Crippen LogP contribution in [0.15, 0.2) is 0 Å². The summed E-state index contributed by atoms with van der Waals surface area (Å²) >= 11 is 0. The summed E-state index contributed by atoms with van der Waals surface area (Å²) in [6.45, 7) is 2.16. The lowest BCUT2D eigenvalue weighted by Crippen LogP contribution is -2.51. The number of alkyl halides is 3. The zero-order valence-electron chi connectivity index (χ0n) is 10.0. The van der Waals surface area contributed by atoms with Crippen molar-refractivity contribution in [1.82, 2.24) is 15.1 Å². The third-order valence-electron chi connectivity index (χ3n) is 2.78. The number of nitrogens with one attached hydrogen (secondary N) is 1. The van der Waals surface area contributed by atoms with Crippen LogP contribution in [0.5, 0.6) is 0 Å². The number of piperazine rings is 1. The zero-order valence-corrected chi connectivity index (χ0v) is 10.0. The van der Waals surface area contributed by atoms with Gasteiger partial charge >= 0.3 is 6.18 Å². The van der Waals surface area contributed by atoms with Crippen molar-refractivity contribution in [2.75, 3.05) is 52.9 Å². The maximum atomic E-state index is 12.1. The van der Waals surface area contributed by atoms with Crippen LogP contribution in [0.25, 0.3) is 0 Å². The summed E-state index contributed by atoms with van der Waals surface area (Å²) in [5.41, 5.74) is 0. The van der Waals surface area contributed by atoms with Gasteiger partial charge in [-0.2, -0.15) is 13.2 Å². The molecule has 2 N–H and O–H groups in total. The van der Waals surface area contributed by atoms with E-state index in [1.54, 1.807) is 7.05 Å². The molecule has 1 saturated heterocycles. The number of halogens is 3. The number of nitrogens with zero attached hydrogens (tertiary/aromatic N) is 2. The molecule has 0 saturated carbocycles. The molecule has 0 aromatic rings. The Morgan fingerprint density at radius 2 is 1.71 bits per heavy atom. The van der Waals surface area contributed by atoms with Gasteiger partial charge in [0.1, 0.15) is 0 Å². The molecule has 1 atom stereocenters. The molecule has 0 radical (unpaired) electrons. The SMILES string of the molecule is CNCC(O)CN1CCN(CC(F)(F)F)CC1. The molecule has 0 aliphatic carbocycles. The Labute approximate surface area is 99.4 Å². The highest BCUT2D eigenvalue weighted by molar-refractivity contribution is 4.76. The van der Waals surface area contributed by atoms with E-state index in [-0.39, 0.29) is 0 Å². The van der Waals surface area contributed by atoms with Crippen LogP contribution in [-0.4, -0.2) is 80.0 Å². The molecule has 7 heteroatoms. The second-order valence-electron chi connectivity index (χ2n) is 4.40. The molecule has 1 heterocycles. The van der Waals surface area contributed by atoms with Crippen molar-refractivity contribution in [1.29, 1.82) is 0 Å². The summed E-state index contributed by atoms with van der Waals surface area (Å²) in [4.78, 5) is 3.40. The van der Waals surface area contributed by atoms with Crippen LogP contribution in [0.1, 0.15) is 0 Å². The highest BCUT2D eigenvalue weighted by atomic mass is 19.4. The van der Waals surface area contributed by atoms with E-state index in [1.165, 1.54) is 4.90 Å². The molecule has 0 amide bonds. The predicted molar refractivity (Wildman–Crippen MR) is 58.9 cm³/mol. The monoisotopic (exact) mass is 255 g/mol. The van der Waals surface area contributed by atoms with E-state index in [2.05, 4.69) is 5.32 Å². The first-order chi connectivity index (χ1) is 7.90. The molecule has 4 nitrogen and oxygen atoms in total. The van der Waals surface area contributed by atoms with Gasteiger partial charge in [0.15, 0.2) is 0 Å². The third kappa shape index (κ3) is 6.21. The smallest absolute Gasteiger partial charge is 0.390 e. The van der Waals surface area contributed by atoms with Crippen LogP contribution in [0, 0.1) is 0 Å². The Morgan fingerprint density at radius 1 is 1.18 bits per heavy atom. The first-order valence-corrected chi connectivity index (χ1v) is 5.75. The summed E-state index contributed by atoms with van der Waals surface area (Å²) in [6.07, 6.45) is -4.58.